The maximum absolute atomic E-state index is 5.52. The number of allylic oxidation sites excluding steroid dienone is 1. The van der Waals surface area contributed by atoms with Crippen LogP contribution >= 0.6 is 0 Å². The van der Waals surface area contributed by atoms with Crippen LogP contribution in [-0.2, 0) is 9.16 Å². The summed E-state index contributed by atoms with van der Waals surface area (Å²) in [6.07, 6.45) is 3.89. The summed E-state index contributed by atoms with van der Waals surface area (Å²) >= 11 is 0. The second-order valence-corrected chi connectivity index (χ2v) is 3.51. The smallest absolute Gasteiger partial charge is 0.149 e. The summed E-state index contributed by atoms with van der Waals surface area (Å²) in [4.78, 5) is 0. The molecule has 0 aliphatic rings. The van der Waals surface area contributed by atoms with Gasteiger partial charge in [0, 0.05) is 0 Å². The molecule has 3 heteroatoms. The van der Waals surface area contributed by atoms with Crippen molar-refractivity contribution in [2.75, 3.05) is 6.61 Å². The molecule has 0 bridgehead atoms. The van der Waals surface area contributed by atoms with E-state index in [1.807, 2.05) is 6.08 Å². The maximum atomic E-state index is 5.52. The molecule has 0 spiro atoms. The van der Waals surface area contributed by atoms with Gasteiger partial charge in [-0.15, -0.1) is 6.58 Å². The summed E-state index contributed by atoms with van der Waals surface area (Å²) in [6, 6.07) is 0. The minimum absolute atomic E-state index is 0.0175. The van der Waals surface area contributed by atoms with Crippen LogP contribution in [0.3, 0.4) is 0 Å². The average molecular weight is 188 g/mol. The van der Waals surface area contributed by atoms with Crippen LogP contribution in [0.2, 0.25) is 0 Å². The number of rotatable bonds is 7. The molecule has 12 heavy (non-hydrogen) atoms. The molecule has 2 nitrogen and oxygen atoms in total. The van der Waals surface area contributed by atoms with Crippen LogP contribution in [0, 0.1) is 5.92 Å². The van der Waals surface area contributed by atoms with Gasteiger partial charge in [0.2, 0.25) is 0 Å². The highest BCUT2D eigenvalue weighted by molar-refractivity contribution is 5.98. The van der Waals surface area contributed by atoms with Crippen LogP contribution in [0.5, 0.6) is 0 Å². The molecule has 0 aliphatic heterocycles. The molecule has 0 N–H and O–H groups in total. The molecule has 0 aromatic carbocycles. The average Bonchev–Trinajstić information content (AvgIpc) is 2.07. The number of hydrogen-bond acceptors (Lipinski definition) is 2. The molecule has 0 saturated heterocycles. The van der Waals surface area contributed by atoms with Crippen molar-refractivity contribution in [2.24, 2.45) is 5.92 Å². The second kappa shape index (κ2) is 7.52. The molecule has 2 atom stereocenters. The van der Waals surface area contributed by atoms with Crippen molar-refractivity contribution in [3.05, 3.63) is 12.7 Å². The molecular formula is C9H20O2Si. The fourth-order valence-electron chi connectivity index (χ4n) is 0.977. The molecule has 0 rings (SSSR count). The van der Waals surface area contributed by atoms with Gasteiger partial charge >= 0.3 is 0 Å². The van der Waals surface area contributed by atoms with E-state index in [1.165, 1.54) is 0 Å². The zero-order valence-corrected chi connectivity index (χ0v) is 10.4. The third kappa shape index (κ3) is 5.52. The summed E-state index contributed by atoms with van der Waals surface area (Å²) in [5.41, 5.74) is 0. The maximum Gasteiger partial charge on any atom is 0.149 e. The SMILES string of the molecule is C=CCC(C)COC(CC)O[SiH3]. The van der Waals surface area contributed by atoms with E-state index in [-0.39, 0.29) is 6.29 Å². The Morgan fingerprint density at radius 3 is 2.67 bits per heavy atom. The fourth-order valence-corrected chi connectivity index (χ4v) is 1.45. The lowest BCUT2D eigenvalue weighted by Crippen LogP contribution is -2.18. The largest absolute Gasteiger partial charge is 0.404 e. The van der Waals surface area contributed by atoms with E-state index in [4.69, 9.17) is 9.16 Å². The first kappa shape index (κ1) is 11.9. The van der Waals surface area contributed by atoms with Crippen molar-refractivity contribution in [2.45, 2.75) is 33.0 Å². The van der Waals surface area contributed by atoms with Crippen molar-refractivity contribution in [1.29, 1.82) is 0 Å². The predicted octanol–water partition coefficient (Wildman–Crippen LogP) is 1.25. The molecular weight excluding hydrogens is 168 g/mol. The Bertz CT molecular complexity index is 113. The summed E-state index contributed by atoms with van der Waals surface area (Å²) in [5, 5.41) is 0. The monoisotopic (exact) mass is 188 g/mol. The second-order valence-electron chi connectivity index (χ2n) is 3.04. The van der Waals surface area contributed by atoms with Crippen LogP contribution in [0.1, 0.15) is 26.7 Å². The summed E-state index contributed by atoms with van der Waals surface area (Å²) in [5.74, 6) is 0.549. The minimum Gasteiger partial charge on any atom is -0.404 e. The van der Waals surface area contributed by atoms with E-state index in [2.05, 4.69) is 20.4 Å². The van der Waals surface area contributed by atoms with Gasteiger partial charge in [-0.2, -0.15) is 0 Å². The molecule has 0 aliphatic carbocycles. The standard InChI is InChI=1S/C9H20O2Si/c1-4-6-8(3)7-10-9(5-2)11-12/h4,8-9H,1,5-7H2,2-3,12H3. The van der Waals surface area contributed by atoms with Gasteiger partial charge < -0.3 is 9.16 Å². The summed E-state index contributed by atoms with van der Waals surface area (Å²) in [6.45, 7) is 8.68. The van der Waals surface area contributed by atoms with E-state index >= 15 is 0 Å². The first-order valence-electron chi connectivity index (χ1n) is 4.49. The first-order chi connectivity index (χ1) is 5.74. The lowest BCUT2D eigenvalue weighted by molar-refractivity contribution is -0.0879. The van der Waals surface area contributed by atoms with Gasteiger partial charge in [0.1, 0.15) is 16.8 Å². The Balaban J connectivity index is 3.43. The fraction of sp³-hybridized carbons (Fsp3) is 0.778. The Labute approximate surface area is 78.5 Å². The van der Waals surface area contributed by atoms with E-state index in [9.17, 15) is 0 Å². The molecule has 0 aromatic heterocycles. The molecule has 0 aromatic rings. The third-order valence-corrected chi connectivity index (χ3v) is 2.26. The highest BCUT2D eigenvalue weighted by Gasteiger charge is 2.05. The quantitative estimate of drug-likeness (QED) is 0.340. The van der Waals surface area contributed by atoms with Gasteiger partial charge in [-0.1, -0.05) is 19.9 Å². The Hall–Kier alpha value is -0.123. The molecule has 72 valence electrons. The molecule has 0 amide bonds. The van der Waals surface area contributed by atoms with E-state index in [1.54, 1.807) is 0 Å². The van der Waals surface area contributed by atoms with E-state index in [0.717, 1.165) is 29.9 Å². The van der Waals surface area contributed by atoms with Crippen LogP contribution in [0.4, 0.5) is 0 Å². The number of hydrogen-bond donors (Lipinski definition) is 0. The summed E-state index contributed by atoms with van der Waals surface area (Å²) in [7, 11) is 0.749. The first-order valence-corrected chi connectivity index (χ1v) is 5.31. The topological polar surface area (TPSA) is 18.5 Å². The van der Waals surface area contributed by atoms with Gasteiger partial charge in [0.15, 0.2) is 0 Å². The molecule has 0 saturated carbocycles. The predicted molar refractivity (Wildman–Crippen MR) is 55.0 cm³/mol. The lowest BCUT2D eigenvalue weighted by Gasteiger charge is -2.17. The Morgan fingerprint density at radius 1 is 1.58 bits per heavy atom. The summed E-state index contributed by atoms with van der Waals surface area (Å²) < 4.78 is 10.7. The highest BCUT2D eigenvalue weighted by atomic mass is 28.2. The van der Waals surface area contributed by atoms with Crippen LogP contribution in [0.15, 0.2) is 12.7 Å². The Kier molecular flexibility index (Phi) is 7.44. The van der Waals surface area contributed by atoms with Crippen LogP contribution in [-0.4, -0.2) is 23.4 Å². The van der Waals surface area contributed by atoms with Gasteiger partial charge in [0.05, 0.1) is 6.61 Å². The van der Waals surface area contributed by atoms with Crippen molar-refractivity contribution in [1.82, 2.24) is 0 Å². The van der Waals surface area contributed by atoms with E-state index in [0.29, 0.717) is 5.92 Å². The Morgan fingerprint density at radius 2 is 2.25 bits per heavy atom. The highest BCUT2D eigenvalue weighted by Crippen LogP contribution is 2.06. The zero-order valence-electron chi connectivity index (χ0n) is 8.38. The van der Waals surface area contributed by atoms with Crippen molar-refractivity contribution < 1.29 is 9.16 Å². The normalized spacial score (nSPS) is 15.8. The minimum atomic E-state index is 0.0175. The lowest BCUT2D eigenvalue weighted by atomic mass is 10.1. The van der Waals surface area contributed by atoms with Crippen molar-refractivity contribution in [3.63, 3.8) is 0 Å². The van der Waals surface area contributed by atoms with Gasteiger partial charge in [-0.05, 0) is 18.8 Å². The zero-order chi connectivity index (χ0) is 9.40. The van der Waals surface area contributed by atoms with Crippen molar-refractivity contribution >= 4 is 10.5 Å². The van der Waals surface area contributed by atoms with Gasteiger partial charge in [0.25, 0.3) is 0 Å². The molecule has 0 heterocycles. The third-order valence-electron chi connectivity index (χ3n) is 1.73. The van der Waals surface area contributed by atoms with E-state index < -0.39 is 0 Å². The van der Waals surface area contributed by atoms with Crippen LogP contribution < -0.4 is 0 Å². The van der Waals surface area contributed by atoms with Crippen LogP contribution in [0.25, 0.3) is 0 Å². The molecule has 0 radical (unpaired) electrons. The van der Waals surface area contributed by atoms with Gasteiger partial charge in [-0.25, -0.2) is 0 Å². The molecule has 2 unspecified atom stereocenters. The molecule has 0 fully saturated rings. The van der Waals surface area contributed by atoms with Gasteiger partial charge in [-0.3, -0.25) is 0 Å². The van der Waals surface area contributed by atoms with Crippen molar-refractivity contribution in [3.8, 4) is 0 Å². The number of ether oxygens (including phenoxy) is 1.